The lowest BCUT2D eigenvalue weighted by Crippen LogP contribution is -2.43. The smallest absolute Gasteiger partial charge is 0.141 e. The molecule has 3 atom stereocenters. The zero-order valence-electron chi connectivity index (χ0n) is 13.9. The van der Waals surface area contributed by atoms with Crippen LogP contribution in [0.2, 0.25) is 0 Å². The number of rotatable bonds is 4. The third-order valence-electron chi connectivity index (χ3n) is 4.80. The third-order valence-corrected chi connectivity index (χ3v) is 4.80. The molecule has 4 nitrogen and oxygen atoms in total. The Balaban J connectivity index is 1.93. The zero-order valence-corrected chi connectivity index (χ0v) is 13.9. The molecular weight excluding hydrogens is 266 g/mol. The van der Waals surface area contributed by atoms with E-state index in [9.17, 15) is 9.59 Å². The third kappa shape index (κ3) is 4.36. The maximum absolute atomic E-state index is 12.6. The highest BCUT2D eigenvalue weighted by Crippen LogP contribution is 2.34. The lowest BCUT2D eigenvalue weighted by Gasteiger charge is -2.36. The lowest BCUT2D eigenvalue weighted by molar-refractivity contribution is -0.147. The monoisotopic (exact) mass is 295 g/mol. The molecule has 1 aliphatic carbocycles. The SMILES string of the molecule is CN(C)CC1CCCC(CC2COC(C)(C)CC2=O)C1=O. The van der Waals surface area contributed by atoms with Crippen LogP contribution < -0.4 is 0 Å². The van der Waals surface area contributed by atoms with E-state index in [1.165, 1.54) is 0 Å². The first kappa shape index (κ1) is 16.6. The van der Waals surface area contributed by atoms with Crippen molar-refractivity contribution in [2.75, 3.05) is 27.2 Å². The Labute approximate surface area is 128 Å². The molecule has 1 saturated carbocycles. The Hall–Kier alpha value is -0.740. The van der Waals surface area contributed by atoms with Gasteiger partial charge in [0.05, 0.1) is 12.2 Å². The zero-order chi connectivity index (χ0) is 15.6. The standard InChI is InChI=1S/C17H29NO3/c1-17(2)9-15(19)14(11-21-17)8-12-6-5-7-13(16(12)20)10-18(3)4/h12-14H,5-11H2,1-4H3. The fourth-order valence-corrected chi connectivity index (χ4v) is 3.66. The molecule has 21 heavy (non-hydrogen) atoms. The van der Waals surface area contributed by atoms with Crippen molar-refractivity contribution in [2.24, 2.45) is 17.8 Å². The Bertz CT molecular complexity index is 403. The highest BCUT2D eigenvalue weighted by Gasteiger charge is 2.38. The van der Waals surface area contributed by atoms with Gasteiger partial charge in [-0.2, -0.15) is 0 Å². The molecule has 1 aliphatic heterocycles. The van der Waals surface area contributed by atoms with Crippen LogP contribution in [0.1, 0.15) is 46.0 Å². The number of Topliss-reactive ketones (excluding diaryl/α,β-unsaturated/α-hetero) is 2. The fourth-order valence-electron chi connectivity index (χ4n) is 3.66. The van der Waals surface area contributed by atoms with E-state index in [0.29, 0.717) is 25.2 Å². The number of nitrogens with zero attached hydrogens (tertiary/aromatic N) is 1. The van der Waals surface area contributed by atoms with Gasteiger partial charge in [-0.15, -0.1) is 0 Å². The van der Waals surface area contributed by atoms with Gasteiger partial charge < -0.3 is 9.64 Å². The van der Waals surface area contributed by atoms with Crippen molar-refractivity contribution in [2.45, 2.75) is 51.6 Å². The first-order valence-electron chi connectivity index (χ1n) is 8.13. The first-order valence-corrected chi connectivity index (χ1v) is 8.13. The van der Waals surface area contributed by atoms with Crippen LogP contribution in [0.25, 0.3) is 0 Å². The second kappa shape index (κ2) is 6.57. The molecule has 2 rings (SSSR count). The van der Waals surface area contributed by atoms with E-state index in [2.05, 4.69) is 4.90 Å². The van der Waals surface area contributed by atoms with Gasteiger partial charge in [-0.3, -0.25) is 9.59 Å². The molecule has 0 aromatic heterocycles. The molecule has 3 unspecified atom stereocenters. The minimum Gasteiger partial charge on any atom is -0.374 e. The summed E-state index contributed by atoms with van der Waals surface area (Å²) < 4.78 is 5.78. The molecule has 2 fully saturated rings. The lowest BCUT2D eigenvalue weighted by atomic mass is 9.74. The Morgan fingerprint density at radius 2 is 1.81 bits per heavy atom. The molecular formula is C17H29NO3. The van der Waals surface area contributed by atoms with Gasteiger partial charge in [0.25, 0.3) is 0 Å². The van der Waals surface area contributed by atoms with E-state index in [4.69, 9.17) is 4.74 Å². The predicted molar refractivity (Wildman–Crippen MR) is 82.2 cm³/mol. The molecule has 0 aromatic carbocycles. The molecule has 0 radical (unpaired) electrons. The summed E-state index contributed by atoms with van der Waals surface area (Å²) in [5, 5.41) is 0. The van der Waals surface area contributed by atoms with Gasteiger partial charge in [-0.25, -0.2) is 0 Å². The molecule has 0 amide bonds. The van der Waals surface area contributed by atoms with Crippen molar-refractivity contribution in [1.82, 2.24) is 4.90 Å². The Morgan fingerprint density at radius 1 is 1.14 bits per heavy atom. The van der Waals surface area contributed by atoms with Crippen molar-refractivity contribution < 1.29 is 14.3 Å². The summed E-state index contributed by atoms with van der Waals surface area (Å²) in [6.45, 7) is 5.23. The van der Waals surface area contributed by atoms with Crippen LogP contribution in [-0.2, 0) is 14.3 Å². The minimum atomic E-state index is -0.336. The summed E-state index contributed by atoms with van der Waals surface area (Å²) in [6, 6.07) is 0. The molecule has 0 N–H and O–H groups in total. The average Bonchev–Trinajstić information content (AvgIpc) is 2.36. The molecule has 1 heterocycles. The van der Waals surface area contributed by atoms with Crippen LogP contribution >= 0.6 is 0 Å². The maximum Gasteiger partial charge on any atom is 0.141 e. The van der Waals surface area contributed by atoms with Crippen LogP contribution in [0, 0.1) is 17.8 Å². The molecule has 120 valence electrons. The highest BCUT2D eigenvalue weighted by atomic mass is 16.5. The van der Waals surface area contributed by atoms with Gasteiger partial charge in [0.15, 0.2) is 0 Å². The van der Waals surface area contributed by atoms with Gasteiger partial charge in [-0.1, -0.05) is 6.42 Å². The molecule has 2 aliphatic rings. The van der Waals surface area contributed by atoms with E-state index in [1.807, 2.05) is 27.9 Å². The molecule has 0 spiro atoms. The van der Waals surface area contributed by atoms with E-state index in [0.717, 1.165) is 25.8 Å². The van der Waals surface area contributed by atoms with Crippen LogP contribution in [0.3, 0.4) is 0 Å². The maximum atomic E-state index is 12.6. The topological polar surface area (TPSA) is 46.6 Å². The average molecular weight is 295 g/mol. The summed E-state index contributed by atoms with van der Waals surface area (Å²) in [5.74, 6) is 0.767. The summed E-state index contributed by atoms with van der Waals surface area (Å²) in [6.07, 6.45) is 4.20. The second-order valence-corrected chi connectivity index (χ2v) is 7.64. The number of hydrogen-bond acceptors (Lipinski definition) is 4. The highest BCUT2D eigenvalue weighted by molar-refractivity contribution is 5.86. The molecule has 0 bridgehead atoms. The number of hydrogen-bond donors (Lipinski definition) is 0. The van der Waals surface area contributed by atoms with Crippen molar-refractivity contribution in [3.63, 3.8) is 0 Å². The minimum absolute atomic E-state index is 0.0578. The van der Waals surface area contributed by atoms with Crippen molar-refractivity contribution in [3.8, 4) is 0 Å². The van der Waals surface area contributed by atoms with E-state index in [-0.39, 0.29) is 29.1 Å². The Kier molecular flexibility index (Phi) is 5.20. The van der Waals surface area contributed by atoms with Crippen molar-refractivity contribution >= 4 is 11.6 Å². The summed E-state index contributed by atoms with van der Waals surface area (Å²) >= 11 is 0. The summed E-state index contributed by atoms with van der Waals surface area (Å²) in [5.41, 5.74) is -0.336. The van der Waals surface area contributed by atoms with Crippen LogP contribution in [0.4, 0.5) is 0 Å². The number of ether oxygens (including phenoxy) is 1. The van der Waals surface area contributed by atoms with Gasteiger partial charge in [0, 0.05) is 30.7 Å². The van der Waals surface area contributed by atoms with Crippen LogP contribution in [-0.4, -0.2) is 49.3 Å². The van der Waals surface area contributed by atoms with Crippen LogP contribution in [0.15, 0.2) is 0 Å². The largest absolute Gasteiger partial charge is 0.374 e. The molecule has 0 aromatic rings. The normalized spacial score (nSPS) is 33.5. The van der Waals surface area contributed by atoms with Crippen molar-refractivity contribution in [1.29, 1.82) is 0 Å². The number of ketones is 2. The van der Waals surface area contributed by atoms with E-state index in [1.54, 1.807) is 0 Å². The second-order valence-electron chi connectivity index (χ2n) is 7.64. The Morgan fingerprint density at radius 3 is 2.43 bits per heavy atom. The van der Waals surface area contributed by atoms with E-state index >= 15 is 0 Å². The van der Waals surface area contributed by atoms with Crippen molar-refractivity contribution in [3.05, 3.63) is 0 Å². The number of carbonyl (C=O) groups excluding carboxylic acids is 2. The summed E-state index contributed by atoms with van der Waals surface area (Å²) in [7, 11) is 4.02. The predicted octanol–water partition coefficient (Wildman–Crippen LogP) is 2.31. The fraction of sp³-hybridized carbons (Fsp3) is 0.882. The molecule has 1 saturated heterocycles. The van der Waals surface area contributed by atoms with Crippen LogP contribution in [0.5, 0.6) is 0 Å². The number of carbonyl (C=O) groups is 2. The van der Waals surface area contributed by atoms with Gasteiger partial charge in [0.1, 0.15) is 11.6 Å². The van der Waals surface area contributed by atoms with Gasteiger partial charge in [-0.05, 0) is 47.2 Å². The van der Waals surface area contributed by atoms with Gasteiger partial charge >= 0.3 is 0 Å². The molecule has 4 heteroatoms. The quantitative estimate of drug-likeness (QED) is 0.798. The first-order chi connectivity index (χ1) is 9.78. The van der Waals surface area contributed by atoms with Gasteiger partial charge in [0.2, 0.25) is 0 Å². The van der Waals surface area contributed by atoms with E-state index < -0.39 is 0 Å². The summed E-state index contributed by atoms with van der Waals surface area (Å²) in [4.78, 5) is 26.9.